The van der Waals surface area contributed by atoms with Crippen molar-refractivity contribution in [1.29, 1.82) is 0 Å². The number of hydrogen-bond acceptors (Lipinski definition) is 5. The highest BCUT2D eigenvalue weighted by Gasteiger charge is 2.23. The van der Waals surface area contributed by atoms with E-state index in [1.54, 1.807) is 6.20 Å². The molecule has 2 unspecified atom stereocenters. The maximum absolute atomic E-state index is 5.87. The summed E-state index contributed by atoms with van der Waals surface area (Å²) in [6.45, 7) is 7.30. The van der Waals surface area contributed by atoms with Crippen LogP contribution in [0, 0.1) is 6.92 Å². The highest BCUT2D eigenvalue weighted by atomic mass is 16.5. The van der Waals surface area contributed by atoms with Crippen molar-refractivity contribution < 1.29 is 4.74 Å². The molecule has 2 heterocycles. The first kappa shape index (κ1) is 12.4. The quantitative estimate of drug-likeness (QED) is 0.819. The second kappa shape index (κ2) is 5.53. The molecule has 1 fully saturated rings. The molecule has 0 bridgehead atoms. The molecular weight excluding hydrogens is 216 g/mol. The Labute approximate surface area is 102 Å². The lowest BCUT2D eigenvalue weighted by Crippen LogP contribution is -2.49. The minimum atomic E-state index is 0.0740. The van der Waals surface area contributed by atoms with Gasteiger partial charge in [-0.3, -0.25) is 4.90 Å². The zero-order valence-corrected chi connectivity index (χ0v) is 10.5. The van der Waals surface area contributed by atoms with Crippen LogP contribution < -0.4 is 5.73 Å². The van der Waals surface area contributed by atoms with Crippen LogP contribution >= 0.6 is 0 Å². The van der Waals surface area contributed by atoms with E-state index < -0.39 is 0 Å². The molecule has 0 spiro atoms. The fourth-order valence-corrected chi connectivity index (χ4v) is 2.02. The molecule has 17 heavy (non-hydrogen) atoms. The first-order valence-electron chi connectivity index (χ1n) is 6.03. The van der Waals surface area contributed by atoms with Crippen LogP contribution in [-0.2, 0) is 11.3 Å². The van der Waals surface area contributed by atoms with Gasteiger partial charge in [0.1, 0.15) is 5.82 Å². The van der Waals surface area contributed by atoms with E-state index in [1.807, 2.05) is 19.9 Å². The molecule has 2 N–H and O–H groups in total. The van der Waals surface area contributed by atoms with Crippen LogP contribution in [-0.4, -0.2) is 46.7 Å². The average molecular weight is 236 g/mol. The molecule has 0 saturated carbocycles. The van der Waals surface area contributed by atoms with Crippen molar-refractivity contribution in [2.75, 3.05) is 19.7 Å². The molecule has 5 heteroatoms. The third kappa shape index (κ3) is 3.46. The van der Waals surface area contributed by atoms with Gasteiger partial charge in [0.2, 0.25) is 0 Å². The maximum Gasteiger partial charge on any atom is 0.125 e. The summed E-state index contributed by atoms with van der Waals surface area (Å²) in [7, 11) is 0. The summed E-state index contributed by atoms with van der Waals surface area (Å²) in [4.78, 5) is 10.8. The van der Waals surface area contributed by atoms with E-state index in [-0.39, 0.29) is 12.1 Å². The van der Waals surface area contributed by atoms with Crippen molar-refractivity contribution >= 4 is 0 Å². The zero-order chi connectivity index (χ0) is 12.3. The van der Waals surface area contributed by atoms with Crippen LogP contribution in [0.3, 0.4) is 0 Å². The molecule has 0 radical (unpaired) electrons. The van der Waals surface area contributed by atoms with Gasteiger partial charge in [-0.15, -0.1) is 0 Å². The summed E-state index contributed by atoms with van der Waals surface area (Å²) in [6, 6.07) is 2.04. The van der Waals surface area contributed by atoms with Crippen LogP contribution in [0.2, 0.25) is 0 Å². The summed E-state index contributed by atoms with van der Waals surface area (Å²) >= 11 is 0. The van der Waals surface area contributed by atoms with Crippen molar-refractivity contribution in [3.63, 3.8) is 0 Å². The number of hydrogen-bond donors (Lipinski definition) is 1. The van der Waals surface area contributed by atoms with Gasteiger partial charge >= 0.3 is 0 Å². The normalized spacial score (nSPS) is 23.6. The third-order valence-corrected chi connectivity index (χ3v) is 2.98. The summed E-state index contributed by atoms with van der Waals surface area (Å²) < 4.78 is 5.63. The van der Waals surface area contributed by atoms with Gasteiger partial charge in [-0.1, -0.05) is 0 Å². The Bertz CT molecular complexity index is 369. The zero-order valence-electron chi connectivity index (χ0n) is 10.5. The Morgan fingerprint density at radius 3 is 3.18 bits per heavy atom. The van der Waals surface area contributed by atoms with E-state index in [4.69, 9.17) is 10.5 Å². The van der Waals surface area contributed by atoms with Gasteiger partial charge in [-0.05, 0) is 19.9 Å². The van der Waals surface area contributed by atoms with Crippen molar-refractivity contribution in [3.8, 4) is 0 Å². The minimum Gasteiger partial charge on any atom is -0.374 e. The largest absolute Gasteiger partial charge is 0.374 e. The average Bonchev–Trinajstić information content (AvgIpc) is 2.29. The Morgan fingerprint density at radius 2 is 2.47 bits per heavy atom. The van der Waals surface area contributed by atoms with Crippen molar-refractivity contribution in [2.24, 2.45) is 5.73 Å². The summed E-state index contributed by atoms with van der Waals surface area (Å²) in [5, 5.41) is 0. The van der Waals surface area contributed by atoms with Crippen molar-refractivity contribution in [3.05, 3.63) is 23.8 Å². The smallest absolute Gasteiger partial charge is 0.125 e. The molecule has 0 aliphatic carbocycles. The molecule has 0 aromatic carbocycles. The Hall–Kier alpha value is -1.04. The maximum atomic E-state index is 5.87. The molecule has 94 valence electrons. The molecule has 2 atom stereocenters. The molecule has 1 aromatic heterocycles. The molecule has 0 amide bonds. The second-order valence-electron chi connectivity index (χ2n) is 4.60. The highest BCUT2D eigenvalue weighted by molar-refractivity contribution is 5.01. The molecule has 5 nitrogen and oxygen atoms in total. The topological polar surface area (TPSA) is 64.3 Å². The fraction of sp³-hybridized carbons (Fsp3) is 0.667. The second-order valence-corrected chi connectivity index (χ2v) is 4.60. The Morgan fingerprint density at radius 1 is 1.65 bits per heavy atom. The van der Waals surface area contributed by atoms with Crippen LogP contribution in [0.25, 0.3) is 0 Å². The fourth-order valence-electron chi connectivity index (χ4n) is 2.02. The number of aromatic nitrogens is 2. The predicted molar refractivity (Wildman–Crippen MR) is 65.4 cm³/mol. The van der Waals surface area contributed by atoms with Gasteiger partial charge in [0, 0.05) is 31.9 Å². The van der Waals surface area contributed by atoms with E-state index in [0.29, 0.717) is 0 Å². The lowest BCUT2D eigenvalue weighted by atomic mass is 10.1. The summed E-state index contributed by atoms with van der Waals surface area (Å²) in [5.41, 5.74) is 6.93. The van der Waals surface area contributed by atoms with Crippen LogP contribution in [0.1, 0.15) is 18.4 Å². The predicted octanol–water partition coefficient (Wildman–Crippen LogP) is 0.333. The number of rotatable bonds is 3. The van der Waals surface area contributed by atoms with Gasteiger partial charge in [0.05, 0.1) is 18.4 Å². The first-order valence-corrected chi connectivity index (χ1v) is 6.03. The van der Waals surface area contributed by atoms with Gasteiger partial charge in [0.25, 0.3) is 0 Å². The Kier molecular flexibility index (Phi) is 4.04. The number of nitrogens with two attached hydrogens (primary N) is 1. The molecule has 1 saturated heterocycles. The molecule has 1 aromatic rings. The van der Waals surface area contributed by atoms with E-state index in [2.05, 4.69) is 14.9 Å². The molecular formula is C12H20N4O. The van der Waals surface area contributed by atoms with Crippen molar-refractivity contribution in [1.82, 2.24) is 14.9 Å². The van der Waals surface area contributed by atoms with Crippen LogP contribution in [0.5, 0.6) is 0 Å². The van der Waals surface area contributed by atoms with Gasteiger partial charge < -0.3 is 10.5 Å². The van der Waals surface area contributed by atoms with Crippen molar-refractivity contribution in [2.45, 2.75) is 32.5 Å². The minimum absolute atomic E-state index is 0.0740. The molecule has 1 aliphatic heterocycles. The highest BCUT2D eigenvalue weighted by Crippen LogP contribution is 2.10. The van der Waals surface area contributed by atoms with Crippen LogP contribution in [0.15, 0.2) is 12.3 Å². The lowest BCUT2D eigenvalue weighted by molar-refractivity contribution is -0.0407. The number of morpholine rings is 1. The number of ether oxygens (including phenoxy) is 1. The van der Waals surface area contributed by atoms with Gasteiger partial charge in [0.15, 0.2) is 0 Å². The van der Waals surface area contributed by atoms with E-state index in [0.717, 1.165) is 37.8 Å². The summed E-state index contributed by atoms with van der Waals surface area (Å²) in [5.74, 6) is 0.819. The molecule has 2 rings (SSSR count). The molecule has 1 aliphatic rings. The van der Waals surface area contributed by atoms with Gasteiger partial charge in [-0.25, -0.2) is 9.97 Å². The number of aryl methyl sites for hydroxylation is 1. The standard InChI is InChI=1S/C12H20N4O/c1-9(13)12-8-16(5-6-17-12)7-11-3-4-14-10(2)15-11/h3-4,9,12H,5-8,13H2,1-2H3. The lowest BCUT2D eigenvalue weighted by Gasteiger charge is -2.34. The summed E-state index contributed by atoms with van der Waals surface area (Å²) in [6.07, 6.45) is 1.94. The SMILES string of the molecule is Cc1nccc(CN2CCOC(C(C)N)C2)n1. The van der Waals surface area contributed by atoms with Crippen LogP contribution in [0.4, 0.5) is 0 Å². The van der Waals surface area contributed by atoms with E-state index in [9.17, 15) is 0 Å². The van der Waals surface area contributed by atoms with E-state index in [1.165, 1.54) is 0 Å². The monoisotopic (exact) mass is 236 g/mol. The van der Waals surface area contributed by atoms with Gasteiger partial charge in [-0.2, -0.15) is 0 Å². The third-order valence-electron chi connectivity index (χ3n) is 2.98. The Balaban J connectivity index is 1.94. The van der Waals surface area contributed by atoms with E-state index >= 15 is 0 Å². The number of nitrogens with zero attached hydrogens (tertiary/aromatic N) is 3. The first-order chi connectivity index (χ1) is 8.15.